The van der Waals surface area contributed by atoms with Gasteiger partial charge in [0.1, 0.15) is 11.3 Å². The smallest absolute Gasteiger partial charge is 0.344 e. The summed E-state index contributed by atoms with van der Waals surface area (Å²) in [5.41, 5.74) is 1.05. The first-order valence-electron chi connectivity index (χ1n) is 7.59. The largest absolute Gasteiger partial charge is 0.510 e. The molecule has 0 bridgehead atoms. The molecule has 0 fully saturated rings. The topological polar surface area (TPSA) is 117 Å². The van der Waals surface area contributed by atoms with Crippen molar-refractivity contribution >= 4 is 17.6 Å². The van der Waals surface area contributed by atoms with E-state index in [-0.39, 0.29) is 29.4 Å². The average Bonchev–Trinajstić information content (AvgIpc) is 2.99. The summed E-state index contributed by atoms with van der Waals surface area (Å²) in [5, 5.41) is 23.8. The predicted molar refractivity (Wildman–Crippen MR) is 90.5 cm³/mol. The number of benzene rings is 1. The molecule has 8 heteroatoms. The van der Waals surface area contributed by atoms with Crippen LogP contribution in [0.1, 0.15) is 31.1 Å². The number of carbonyl (C=O) groups excluding carboxylic acids is 2. The number of ketones is 1. The van der Waals surface area contributed by atoms with Gasteiger partial charge in [0.25, 0.3) is 0 Å². The van der Waals surface area contributed by atoms with Gasteiger partial charge in [0.05, 0.1) is 12.3 Å². The maximum absolute atomic E-state index is 12.3. The first-order valence-corrected chi connectivity index (χ1v) is 7.59. The molecule has 25 heavy (non-hydrogen) atoms. The summed E-state index contributed by atoms with van der Waals surface area (Å²) in [5.74, 6) is -1.37. The number of hydrogen-bond donors (Lipinski definition) is 2. The second-order valence-electron chi connectivity index (χ2n) is 5.07. The Hall–Kier alpha value is -3.29. The summed E-state index contributed by atoms with van der Waals surface area (Å²) in [4.78, 5) is 23.8. The van der Waals surface area contributed by atoms with Crippen molar-refractivity contribution in [2.75, 3.05) is 6.61 Å². The Labute approximate surface area is 144 Å². The highest BCUT2D eigenvalue weighted by atomic mass is 16.5. The summed E-state index contributed by atoms with van der Waals surface area (Å²) in [6, 6.07) is 9.08. The molecular weight excluding hydrogens is 324 g/mol. The number of Topliss-reactive ketones (excluding diaryl/α,β-unsaturated/α-hetero) is 1. The third-order valence-electron chi connectivity index (χ3n) is 3.21. The molecule has 1 aromatic carbocycles. The minimum absolute atomic E-state index is 0.0303. The number of aliphatic hydroxyl groups is 1. The van der Waals surface area contributed by atoms with Gasteiger partial charge in [0.15, 0.2) is 11.5 Å². The molecule has 0 atom stereocenters. The van der Waals surface area contributed by atoms with E-state index in [9.17, 15) is 14.7 Å². The lowest BCUT2D eigenvalue weighted by Gasteiger charge is -2.04. The Bertz CT molecular complexity index is 834. The number of aromatic nitrogens is 2. The fourth-order valence-electron chi connectivity index (χ4n) is 2.11. The van der Waals surface area contributed by atoms with E-state index in [1.807, 2.05) is 18.2 Å². The van der Waals surface area contributed by atoms with Crippen LogP contribution in [0.3, 0.4) is 0 Å². The third kappa shape index (κ3) is 4.17. The SMILES string of the molecule is CCOC(=O)c1c(N=N/C(C(C)=O)=C(/C)O)n[nH]c1-c1ccccc1. The van der Waals surface area contributed by atoms with E-state index in [0.29, 0.717) is 5.69 Å². The number of allylic oxidation sites excluding steroid dienone is 2. The zero-order chi connectivity index (χ0) is 18.4. The highest BCUT2D eigenvalue weighted by Gasteiger charge is 2.23. The molecule has 0 aliphatic rings. The molecule has 130 valence electrons. The van der Waals surface area contributed by atoms with Crippen LogP contribution < -0.4 is 0 Å². The zero-order valence-corrected chi connectivity index (χ0v) is 14.1. The van der Waals surface area contributed by atoms with E-state index in [0.717, 1.165) is 5.56 Å². The Morgan fingerprint density at radius 2 is 1.92 bits per heavy atom. The van der Waals surface area contributed by atoms with Crippen LogP contribution >= 0.6 is 0 Å². The molecule has 0 amide bonds. The third-order valence-corrected chi connectivity index (χ3v) is 3.21. The quantitative estimate of drug-likeness (QED) is 0.359. The van der Waals surface area contributed by atoms with Crippen LogP contribution in [0, 0.1) is 0 Å². The Kier molecular flexibility index (Phi) is 5.78. The maximum Gasteiger partial charge on any atom is 0.344 e. The van der Waals surface area contributed by atoms with Gasteiger partial charge in [0.2, 0.25) is 5.82 Å². The number of esters is 1. The van der Waals surface area contributed by atoms with Crippen LogP contribution in [0.25, 0.3) is 11.3 Å². The van der Waals surface area contributed by atoms with E-state index >= 15 is 0 Å². The molecule has 0 saturated heterocycles. The predicted octanol–water partition coefficient (Wildman–Crippen LogP) is 3.72. The highest BCUT2D eigenvalue weighted by Crippen LogP contribution is 2.29. The second-order valence-corrected chi connectivity index (χ2v) is 5.07. The number of nitrogens with zero attached hydrogens (tertiary/aromatic N) is 3. The molecule has 2 N–H and O–H groups in total. The Balaban J connectivity index is 2.52. The van der Waals surface area contributed by atoms with Gasteiger partial charge < -0.3 is 9.84 Å². The number of ether oxygens (including phenoxy) is 1. The molecule has 0 aliphatic heterocycles. The number of nitrogens with one attached hydrogen (secondary N) is 1. The molecule has 0 unspecified atom stereocenters. The second kappa shape index (κ2) is 8.00. The standard InChI is InChI=1S/C17H18N4O4/c1-4-25-17(24)13-15(12-8-6-5-7-9-12)19-21-16(13)20-18-14(10(2)22)11(3)23/h5-9,22H,4H2,1-3H3,(H,19,21)/b14-10-,20-18?. The van der Waals surface area contributed by atoms with Crippen molar-refractivity contribution in [2.45, 2.75) is 20.8 Å². The number of aliphatic hydroxyl groups excluding tert-OH is 1. The van der Waals surface area contributed by atoms with Crippen LogP contribution in [0.4, 0.5) is 5.82 Å². The molecular formula is C17H18N4O4. The van der Waals surface area contributed by atoms with Gasteiger partial charge in [-0.3, -0.25) is 9.89 Å². The van der Waals surface area contributed by atoms with Crippen molar-refractivity contribution in [2.24, 2.45) is 10.2 Å². The first-order chi connectivity index (χ1) is 12.0. The van der Waals surface area contributed by atoms with Gasteiger partial charge in [-0.1, -0.05) is 30.3 Å². The van der Waals surface area contributed by atoms with Gasteiger partial charge in [-0.15, -0.1) is 10.2 Å². The van der Waals surface area contributed by atoms with Crippen LogP contribution in [0.2, 0.25) is 0 Å². The fraction of sp³-hybridized carbons (Fsp3) is 0.235. The van der Waals surface area contributed by atoms with Crippen molar-refractivity contribution in [3.05, 3.63) is 47.4 Å². The number of aromatic amines is 1. The molecule has 0 spiro atoms. The lowest BCUT2D eigenvalue weighted by atomic mass is 10.1. The van der Waals surface area contributed by atoms with Crippen LogP contribution in [0.15, 0.2) is 52.0 Å². The normalized spacial score (nSPS) is 12.1. The van der Waals surface area contributed by atoms with E-state index in [4.69, 9.17) is 4.74 Å². The Morgan fingerprint density at radius 3 is 2.48 bits per heavy atom. The summed E-state index contributed by atoms with van der Waals surface area (Å²) in [6.45, 7) is 4.44. The van der Waals surface area contributed by atoms with Crippen LogP contribution in [-0.2, 0) is 9.53 Å². The minimum atomic E-state index is -0.613. The molecule has 0 aliphatic carbocycles. The van der Waals surface area contributed by atoms with Crippen molar-refractivity contribution in [3.63, 3.8) is 0 Å². The molecule has 0 radical (unpaired) electrons. The summed E-state index contributed by atoms with van der Waals surface area (Å²) in [6.07, 6.45) is 0. The lowest BCUT2D eigenvalue weighted by Crippen LogP contribution is -2.05. The van der Waals surface area contributed by atoms with Crippen molar-refractivity contribution in [1.29, 1.82) is 0 Å². The Morgan fingerprint density at radius 1 is 1.24 bits per heavy atom. The van der Waals surface area contributed by atoms with Gasteiger partial charge in [0, 0.05) is 12.5 Å². The van der Waals surface area contributed by atoms with E-state index in [1.165, 1.54) is 13.8 Å². The average molecular weight is 342 g/mol. The summed E-state index contributed by atoms with van der Waals surface area (Å²) < 4.78 is 5.06. The van der Waals surface area contributed by atoms with Crippen LogP contribution in [0.5, 0.6) is 0 Å². The maximum atomic E-state index is 12.3. The molecule has 2 aromatic rings. The van der Waals surface area contributed by atoms with E-state index in [2.05, 4.69) is 20.4 Å². The number of carbonyl (C=O) groups is 2. The molecule has 8 nitrogen and oxygen atoms in total. The summed E-state index contributed by atoms with van der Waals surface area (Å²) in [7, 11) is 0. The lowest BCUT2D eigenvalue weighted by molar-refractivity contribution is -0.113. The van der Waals surface area contributed by atoms with Gasteiger partial charge in [-0.2, -0.15) is 5.10 Å². The van der Waals surface area contributed by atoms with Gasteiger partial charge in [-0.25, -0.2) is 4.79 Å². The molecule has 0 saturated carbocycles. The summed E-state index contributed by atoms with van der Waals surface area (Å²) >= 11 is 0. The highest BCUT2D eigenvalue weighted by molar-refractivity contribution is 6.00. The van der Waals surface area contributed by atoms with Crippen molar-refractivity contribution < 1.29 is 19.4 Å². The van der Waals surface area contributed by atoms with Gasteiger partial charge >= 0.3 is 5.97 Å². The van der Waals surface area contributed by atoms with E-state index < -0.39 is 11.8 Å². The minimum Gasteiger partial charge on any atom is -0.510 e. The van der Waals surface area contributed by atoms with Crippen molar-refractivity contribution in [1.82, 2.24) is 10.2 Å². The van der Waals surface area contributed by atoms with E-state index in [1.54, 1.807) is 19.1 Å². The zero-order valence-electron chi connectivity index (χ0n) is 14.1. The molecule has 1 aromatic heterocycles. The van der Waals surface area contributed by atoms with Gasteiger partial charge in [-0.05, 0) is 13.8 Å². The number of azo groups is 1. The number of H-pyrrole nitrogens is 1. The van der Waals surface area contributed by atoms with Crippen LogP contribution in [-0.4, -0.2) is 33.7 Å². The fourth-order valence-corrected chi connectivity index (χ4v) is 2.11. The first kappa shape index (κ1) is 18.1. The number of rotatable bonds is 6. The van der Waals surface area contributed by atoms with Crippen molar-refractivity contribution in [3.8, 4) is 11.3 Å². The molecule has 2 rings (SSSR count). The number of hydrogen-bond acceptors (Lipinski definition) is 7. The monoisotopic (exact) mass is 342 g/mol. The molecule has 1 heterocycles.